The SMILES string of the molecule is CC[NH+](CC)CCC[C@@H](C)NC(=O)N[C@H]1CC(=O)N(c2ccc(C)c(C)c2)C1. The molecule has 28 heavy (non-hydrogen) atoms. The van der Waals surface area contributed by atoms with Crippen LogP contribution in [0.4, 0.5) is 10.5 Å². The summed E-state index contributed by atoms with van der Waals surface area (Å²) in [6.07, 6.45) is 2.41. The average molecular weight is 390 g/mol. The Bertz CT molecular complexity index is 673. The molecule has 156 valence electrons. The summed E-state index contributed by atoms with van der Waals surface area (Å²) in [5.74, 6) is 0.0591. The number of nitrogens with one attached hydrogen (secondary N) is 3. The molecular weight excluding hydrogens is 352 g/mol. The van der Waals surface area contributed by atoms with E-state index in [2.05, 4.69) is 31.4 Å². The number of anilines is 1. The van der Waals surface area contributed by atoms with E-state index in [9.17, 15) is 9.59 Å². The van der Waals surface area contributed by atoms with Gasteiger partial charge in [-0.1, -0.05) is 6.07 Å². The Morgan fingerprint density at radius 2 is 1.96 bits per heavy atom. The Hall–Kier alpha value is -2.08. The second-order valence-electron chi connectivity index (χ2n) is 8.04. The highest BCUT2D eigenvalue weighted by Crippen LogP contribution is 2.24. The largest absolute Gasteiger partial charge is 0.336 e. The first-order chi connectivity index (χ1) is 13.3. The lowest BCUT2D eigenvalue weighted by Gasteiger charge is -2.20. The molecule has 2 atom stereocenters. The predicted molar refractivity (Wildman–Crippen MR) is 114 cm³/mol. The Labute approximate surface area is 169 Å². The van der Waals surface area contributed by atoms with Gasteiger partial charge in [-0.25, -0.2) is 4.79 Å². The molecule has 0 aromatic heterocycles. The minimum absolute atomic E-state index is 0.0591. The molecule has 1 saturated heterocycles. The van der Waals surface area contributed by atoms with Crippen molar-refractivity contribution in [3.05, 3.63) is 29.3 Å². The molecule has 0 saturated carbocycles. The molecule has 0 aliphatic carbocycles. The lowest BCUT2D eigenvalue weighted by molar-refractivity contribution is -0.896. The number of nitrogens with zero attached hydrogens (tertiary/aromatic N) is 1. The normalized spacial score (nSPS) is 17.9. The number of hydrogen-bond acceptors (Lipinski definition) is 2. The number of carbonyl (C=O) groups is 2. The standard InChI is InChI=1S/C22H36N4O2/c1-6-25(7-2)12-8-9-18(5)23-22(28)24-19-14-21(27)26(15-19)20-11-10-16(3)17(4)13-20/h10-11,13,18-19H,6-9,12,14-15H2,1-5H3,(H2,23,24,28)/p+1/t18-,19+/m1/s1. The fourth-order valence-corrected chi connectivity index (χ4v) is 3.73. The Kier molecular flexibility index (Phi) is 8.30. The van der Waals surface area contributed by atoms with E-state index in [-0.39, 0.29) is 24.0 Å². The zero-order valence-corrected chi connectivity index (χ0v) is 18.1. The van der Waals surface area contributed by atoms with Gasteiger partial charge < -0.3 is 20.4 Å². The van der Waals surface area contributed by atoms with Crippen LogP contribution in [0, 0.1) is 13.8 Å². The minimum Gasteiger partial charge on any atom is -0.336 e. The van der Waals surface area contributed by atoms with Crippen molar-refractivity contribution in [2.75, 3.05) is 31.1 Å². The van der Waals surface area contributed by atoms with Crippen molar-refractivity contribution in [1.82, 2.24) is 10.6 Å². The zero-order chi connectivity index (χ0) is 20.7. The van der Waals surface area contributed by atoms with Crippen molar-refractivity contribution < 1.29 is 14.5 Å². The molecule has 1 heterocycles. The van der Waals surface area contributed by atoms with Gasteiger partial charge in [0, 0.05) is 24.7 Å². The van der Waals surface area contributed by atoms with Gasteiger partial charge in [-0.3, -0.25) is 4.79 Å². The van der Waals surface area contributed by atoms with Crippen LogP contribution in [0.15, 0.2) is 18.2 Å². The second kappa shape index (κ2) is 10.5. The summed E-state index contributed by atoms with van der Waals surface area (Å²) in [6, 6.07) is 5.84. The molecule has 0 bridgehead atoms. The van der Waals surface area contributed by atoms with Gasteiger partial charge in [0.1, 0.15) is 0 Å². The molecule has 3 N–H and O–H groups in total. The number of hydrogen-bond donors (Lipinski definition) is 3. The number of rotatable bonds is 9. The second-order valence-corrected chi connectivity index (χ2v) is 8.04. The van der Waals surface area contributed by atoms with Crippen LogP contribution in [-0.4, -0.2) is 50.2 Å². The first-order valence-corrected chi connectivity index (χ1v) is 10.6. The molecule has 0 unspecified atom stereocenters. The number of carbonyl (C=O) groups excluding carboxylic acids is 2. The molecule has 0 radical (unpaired) electrons. The van der Waals surface area contributed by atoms with Crippen LogP contribution in [-0.2, 0) is 4.79 Å². The topological polar surface area (TPSA) is 65.9 Å². The van der Waals surface area contributed by atoms with Crippen molar-refractivity contribution >= 4 is 17.6 Å². The van der Waals surface area contributed by atoms with Crippen LogP contribution >= 0.6 is 0 Å². The van der Waals surface area contributed by atoms with Crippen LogP contribution < -0.4 is 20.4 Å². The minimum atomic E-state index is -0.178. The Balaban J connectivity index is 1.78. The van der Waals surface area contributed by atoms with E-state index in [0.29, 0.717) is 13.0 Å². The molecule has 6 nitrogen and oxygen atoms in total. The molecule has 3 amide bonds. The van der Waals surface area contributed by atoms with Gasteiger partial charge in [-0.15, -0.1) is 0 Å². The number of quaternary nitrogens is 1. The van der Waals surface area contributed by atoms with E-state index in [0.717, 1.165) is 38.2 Å². The maximum absolute atomic E-state index is 12.4. The maximum Gasteiger partial charge on any atom is 0.315 e. The molecule has 2 rings (SSSR count). The molecular formula is C22H37N4O2+. The highest BCUT2D eigenvalue weighted by Gasteiger charge is 2.31. The van der Waals surface area contributed by atoms with Crippen molar-refractivity contribution in [2.45, 2.75) is 66.0 Å². The van der Waals surface area contributed by atoms with Gasteiger partial charge in [0.15, 0.2) is 0 Å². The number of urea groups is 1. The number of amides is 3. The lowest BCUT2D eigenvalue weighted by atomic mass is 10.1. The van der Waals surface area contributed by atoms with E-state index in [4.69, 9.17) is 0 Å². The summed E-state index contributed by atoms with van der Waals surface area (Å²) >= 11 is 0. The molecule has 6 heteroatoms. The Morgan fingerprint density at radius 3 is 2.61 bits per heavy atom. The third-order valence-corrected chi connectivity index (χ3v) is 5.81. The predicted octanol–water partition coefficient (Wildman–Crippen LogP) is 1.80. The fraction of sp³-hybridized carbons (Fsp3) is 0.636. The van der Waals surface area contributed by atoms with Crippen LogP contribution in [0.3, 0.4) is 0 Å². The lowest BCUT2D eigenvalue weighted by Crippen LogP contribution is -3.11. The third kappa shape index (κ3) is 6.23. The first-order valence-electron chi connectivity index (χ1n) is 10.6. The van der Waals surface area contributed by atoms with E-state index in [1.54, 1.807) is 9.80 Å². The summed E-state index contributed by atoms with van der Waals surface area (Å²) in [5.41, 5.74) is 3.28. The summed E-state index contributed by atoms with van der Waals surface area (Å²) in [5, 5.41) is 5.98. The monoisotopic (exact) mass is 389 g/mol. The summed E-state index contributed by atoms with van der Waals surface area (Å²) in [6.45, 7) is 14.5. The summed E-state index contributed by atoms with van der Waals surface area (Å²) < 4.78 is 0. The van der Waals surface area contributed by atoms with Gasteiger partial charge in [-0.2, -0.15) is 0 Å². The van der Waals surface area contributed by atoms with Gasteiger partial charge in [0.2, 0.25) is 5.91 Å². The molecule has 1 aliphatic rings. The van der Waals surface area contributed by atoms with Gasteiger partial charge >= 0.3 is 6.03 Å². The van der Waals surface area contributed by atoms with E-state index in [1.807, 2.05) is 32.0 Å². The zero-order valence-electron chi connectivity index (χ0n) is 18.1. The number of benzene rings is 1. The fourth-order valence-electron chi connectivity index (χ4n) is 3.73. The van der Waals surface area contributed by atoms with Gasteiger partial charge in [0.25, 0.3) is 0 Å². The smallest absolute Gasteiger partial charge is 0.315 e. The van der Waals surface area contributed by atoms with Gasteiger partial charge in [-0.05, 0) is 70.7 Å². The van der Waals surface area contributed by atoms with Crippen molar-refractivity contribution in [1.29, 1.82) is 0 Å². The van der Waals surface area contributed by atoms with E-state index in [1.165, 1.54) is 11.1 Å². The maximum atomic E-state index is 12.4. The van der Waals surface area contributed by atoms with Crippen LogP contribution in [0.5, 0.6) is 0 Å². The van der Waals surface area contributed by atoms with Crippen LogP contribution in [0.1, 0.15) is 51.2 Å². The highest BCUT2D eigenvalue weighted by molar-refractivity contribution is 5.96. The summed E-state index contributed by atoms with van der Waals surface area (Å²) in [7, 11) is 0. The molecule has 1 aromatic carbocycles. The van der Waals surface area contributed by atoms with E-state index < -0.39 is 0 Å². The number of aryl methyl sites for hydroxylation is 2. The molecule has 1 fully saturated rings. The quantitative estimate of drug-likeness (QED) is 0.603. The van der Waals surface area contributed by atoms with Crippen molar-refractivity contribution in [3.8, 4) is 0 Å². The van der Waals surface area contributed by atoms with Crippen molar-refractivity contribution in [2.24, 2.45) is 0 Å². The van der Waals surface area contributed by atoms with Crippen LogP contribution in [0.2, 0.25) is 0 Å². The van der Waals surface area contributed by atoms with E-state index >= 15 is 0 Å². The third-order valence-electron chi connectivity index (χ3n) is 5.81. The van der Waals surface area contributed by atoms with Gasteiger partial charge in [0.05, 0.1) is 25.7 Å². The molecule has 1 aromatic rings. The summed E-state index contributed by atoms with van der Waals surface area (Å²) in [4.78, 5) is 28.1. The van der Waals surface area contributed by atoms with Crippen LogP contribution in [0.25, 0.3) is 0 Å². The van der Waals surface area contributed by atoms with Crippen molar-refractivity contribution in [3.63, 3.8) is 0 Å². The molecule has 0 spiro atoms. The Morgan fingerprint density at radius 1 is 1.25 bits per heavy atom. The molecule has 1 aliphatic heterocycles. The highest BCUT2D eigenvalue weighted by atomic mass is 16.2. The first kappa shape index (κ1) is 22.2. The average Bonchev–Trinajstić information content (AvgIpc) is 3.01.